The lowest BCUT2D eigenvalue weighted by molar-refractivity contribution is 0.366. The molecule has 1 aromatic carbocycles. The van der Waals surface area contributed by atoms with Gasteiger partial charge in [-0.25, -0.2) is 18.2 Å². The molecule has 0 atom stereocenters. The number of benzene rings is 1. The molecule has 1 heterocycles. The van der Waals surface area contributed by atoms with Crippen LogP contribution in [0.4, 0.5) is 13.2 Å². The molecule has 134 valence electrons. The first-order valence-electron chi connectivity index (χ1n) is 7.96. The zero-order valence-corrected chi connectivity index (χ0v) is 14.2. The number of nitrogens with zero attached hydrogens (tertiary/aromatic N) is 3. The zero-order chi connectivity index (χ0) is 19.6. The molecule has 0 bridgehead atoms. The number of hydrogen-bond acceptors (Lipinski definition) is 4. The van der Waals surface area contributed by atoms with E-state index in [0.717, 1.165) is 6.07 Å². The molecule has 0 N–H and O–H groups in total. The summed E-state index contributed by atoms with van der Waals surface area (Å²) in [5.74, 6) is -2.54. The lowest BCUT2D eigenvalue weighted by atomic mass is 10.0. The summed E-state index contributed by atoms with van der Waals surface area (Å²) in [4.78, 5) is 3.99. The summed E-state index contributed by atoms with van der Waals surface area (Å²) < 4.78 is 48.6. The Labute approximate surface area is 153 Å². The van der Waals surface area contributed by atoms with Crippen LogP contribution in [0.25, 0.3) is 22.2 Å². The van der Waals surface area contributed by atoms with E-state index in [9.17, 15) is 8.78 Å². The van der Waals surface area contributed by atoms with Gasteiger partial charge >= 0.3 is 0 Å². The largest absolute Gasteiger partial charge is 0.494 e. The van der Waals surface area contributed by atoms with Crippen molar-refractivity contribution in [3.63, 3.8) is 0 Å². The molecule has 1 aromatic heterocycles. The molecule has 0 unspecified atom stereocenters. The van der Waals surface area contributed by atoms with Gasteiger partial charge in [-0.3, -0.25) is 0 Å². The highest BCUT2D eigenvalue weighted by atomic mass is 19.1. The minimum absolute atomic E-state index is 0.0253. The summed E-state index contributed by atoms with van der Waals surface area (Å²) >= 11 is 0. The van der Waals surface area contributed by atoms with E-state index >= 15 is 4.39 Å². The van der Waals surface area contributed by atoms with Gasteiger partial charge in [0.25, 0.3) is 0 Å². The SMILES string of the molecule is COC(=C(C#N)C#N)c1ccc2cc(F)c(C3=CCCC=C3F)nc2c1F. The van der Waals surface area contributed by atoms with Crippen molar-refractivity contribution < 1.29 is 17.9 Å². The number of hydrogen-bond donors (Lipinski definition) is 0. The van der Waals surface area contributed by atoms with Gasteiger partial charge in [0.05, 0.1) is 12.7 Å². The van der Waals surface area contributed by atoms with E-state index in [2.05, 4.69) is 4.98 Å². The van der Waals surface area contributed by atoms with E-state index < -0.39 is 23.0 Å². The average molecular weight is 367 g/mol. The lowest BCUT2D eigenvalue weighted by Gasteiger charge is -2.13. The van der Waals surface area contributed by atoms with Gasteiger partial charge < -0.3 is 4.74 Å². The maximum atomic E-state index is 15.1. The van der Waals surface area contributed by atoms with E-state index in [1.165, 1.54) is 31.4 Å². The Balaban J connectivity index is 2.28. The number of nitriles is 2. The number of ether oxygens (including phenoxy) is 1. The van der Waals surface area contributed by atoms with Crippen LogP contribution >= 0.6 is 0 Å². The molecule has 0 aliphatic heterocycles. The van der Waals surface area contributed by atoms with E-state index in [4.69, 9.17) is 15.3 Å². The molecule has 7 heteroatoms. The van der Waals surface area contributed by atoms with E-state index in [1.54, 1.807) is 12.1 Å². The van der Waals surface area contributed by atoms with Crippen LogP contribution in [0.15, 0.2) is 41.8 Å². The fourth-order valence-corrected chi connectivity index (χ4v) is 2.87. The predicted octanol–water partition coefficient (Wildman–Crippen LogP) is 4.95. The topological polar surface area (TPSA) is 69.7 Å². The molecular formula is C20H12F3N3O. The van der Waals surface area contributed by atoms with Crippen molar-refractivity contribution >= 4 is 22.2 Å². The Hall–Kier alpha value is -3.58. The average Bonchev–Trinajstić information content (AvgIpc) is 2.67. The van der Waals surface area contributed by atoms with E-state index in [-0.39, 0.29) is 33.5 Å². The van der Waals surface area contributed by atoms with Gasteiger partial charge in [-0.1, -0.05) is 12.1 Å². The first-order valence-corrected chi connectivity index (χ1v) is 7.96. The van der Waals surface area contributed by atoms with E-state index in [1.807, 2.05) is 0 Å². The Morgan fingerprint density at radius 3 is 2.44 bits per heavy atom. The standard InChI is InChI=1S/C20H12F3N3O/c1-27-20(12(9-24)10-25)14-7-6-11-8-16(22)19(26-18(11)17(14)23)13-4-2-3-5-15(13)21/h4-8H,2-3H2,1H3. The summed E-state index contributed by atoms with van der Waals surface area (Å²) in [7, 11) is 1.20. The van der Waals surface area contributed by atoms with E-state index in [0.29, 0.717) is 12.8 Å². The first-order chi connectivity index (χ1) is 13.0. The highest BCUT2D eigenvalue weighted by Gasteiger charge is 2.22. The predicted molar refractivity (Wildman–Crippen MR) is 93.2 cm³/mol. The van der Waals surface area contributed by atoms with Gasteiger partial charge in [-0.2, -0.15) is 10.5 Å². The number of pyridine rings is 1. The van der Waals surface area contributed by atoms with Crippen molar-refractivity contribution in [1.82, 2.24) is 4.98 Å². The Morgan fingerprint density at radius 2 is 1.81 bits per heavy atom. The molecule has 27 heavy (non-hydrogen) atoms. The second-order valence-electron chi connectivity index (χ2n) is 5.70. The Kier molecular flexibility index (Phi) is 4.96. The summed E-state index contributed by atoms with van der Waals surface area (Å²) in [5.41, 5.74) is -1.12. The third kappa shape index (κ3) is 3.16. The molecule has 1 aliphatic carbocycles. The molecule has 2 aromatic rings. The van der Waals surface area contributed by atoms with Crippen LogP contribution in [0.2, 0.25) is 0 Å². The van der Waals surface area contributed by atoms with Gasteiger partial charge in [0, 0.05) is 11.0 Å². The highest BCUT2D eigenvalue weighted by molar-refractivity contribution is 5.87. The number of rotatable bonds is 3. The van der Waals surface area contributed by atoms with Crippen LogP contribution in [0, 0.1) is 34.3 Å². The van der Waals surface area contributed by atoms with Crippen molar-refractivity contribution in [1.29, 1.82) is 10.5 Å². The summed E-state index contributed by atoms with van der Waals surface area (Å²) in [5, 5.41) is 18.2. The first kappa shape index (κ1) is 18.2. The van der Waals surface area contributed by atoms with Crippen molar-refractivity contribution in [3.05, 3.63) is 64.6 Å². The molecule has 0 fully saturated rings. The van der Waals surface area contributed by atoms with Crippen LogP contribution in [0.3, 0.4) is 0 Å². The van der Waals surface area contributed by atoms with Crippen molar-refractivity contribution in [2.45, 2.75) is 12.8 Å². The van der Waals surface area contributed by atoms with Gasteiger partial charge in [-0.15, -0.1) is 0 Å². The number of methoxy groups -OCH3 is 1. The third-order valence-electron chi connectivity index (χ3n) is 4.13. The second-order valence-corrected chi connectivity index (χ2v) is 5.70. The third-order valence-corrected chi connectivity index (χ3v) is 4.13. The highest BCUT2D eigenvalue weighted by Crippen LogP contribution is 2.33. The number of halogens is 3. The molecule has 3 rings (SSSR count). The number of allylic oxidation sites excluding steroid dienone is 5. The fraction of sp³-hybridized carbons (Fsp3) is 0.150. The van der Waals surface area contributed by atoms with Gasteiger partial charge in [0.2, 0.25) is 0 Å². The maximum Gasteiger partial charge on any atom is 0.172 e. The van der Waals surface area contributed by atoms with Crippen molar-refractivity contribution in [2.75, 3.05) is 7.11 Å². The fourth-order valence-electron chi connectivity index (χ4n) is 2.87. The minimum atomic E-state index is -0.894. The van der Waals surface area contributed by atoms with Crippen LogP contribution < -0.4 is 0 Å². The quantitative estimate of drug-likeness (QED) is 0.569. The molecule has 0 radical (unpaired) electrons. The van der Waals surface area contributed by atoms with Crippen molar-refractivity contribution in [3.8, 4) is 12.1 Å². The van der Waals surface area contributed by atoms with Crippen LogP contribution in [-0.4, -0.2) is 12.1 Å². The number of aromatic nitrogens is 1. The van der Waals surface area contributed by atoms with Gasteiger partial charge in [-0.05, 0) is 31.1 Å². The molecular weight excluding hydrogens is 355 g/mol. The minimum Gasteiger partial charge on any atom is -0.494 e. The van der Waals surface area contributed by atoms with Gasteiger partial charge in [0.15, 0.2) is 17.1 Å². The van der Waals surface area contributed by atoms with Crippen molar-refractivity contribution in [2.24, 2.45) is 0 Å². The monoisotopic (exact) mass is 367 g/mol. The Morgan fingerprint density at radius 1 is 1.11 bits per heavy atom. The zero-order valence-electron chi connectivity index (χ0n) is 14.2. The molecule has 0 spiro atoms. The summed E-state index contributed by atoms with van der Waals surface area (Å²) in [6.07, 6.45) is 3.86. The summed E-state index contributed by atoms with van der Waals surface area (Å²) in [6, 6.07) is 7.00. The maximum absolute atomic E-state index is 15.1. The molecule has 0 saturated carbocycles. The molecule has 4 nitrogen and oxygen atoms in total. The molecule has 1 aliphatic rings. The Bertz CT molecular complexity index is 1100. The smallest absolute Gasteiger partial charge is 0.172 e. The van der Waals surface area contributed by atoms with Crippen LogP contribution in [0.1, 0.15) is 24.1 Å². The second kappa shape index (κ2) is 7.35. The van der Waals surface area contributed by atoms with Gasteiger partial charge in [0.1, 0.15) is 35.0 Å². The number of fused-ring (bicyclic) bond motifs is 1. The van der Waals surface area contributed by atoms with Crippen LogP contribution in [-0.2, 0) is 4.74 Å². The normalized spacial score (nSPS) is 13.3. The molecule has 0 amide bonds. The lowest BCUT2D eigenvalue weighted by Crippen LogP contribution is -2.02. The molecule has 0 saturated heterocycles. The summed E-state index contributed by atoms with van der Waals surface area (Å²) in [6.45, 7) is 0. The van der Waals surface area contributed by atoms with Crippen LogP contribution in [0.5, 0.6) is 0 Å².